The van der Waals surface area contributed by atoms with Gasteiger partial charge < -0.3 is 10.2 Å². The van der Waals surface area contributed by atoms with Gasteiger partial charge in [-0.15, -0.1) is 0 Å². The number of carbonyl (C=O) groups excluding carboxylic acids is 1. The van der Waals surface area contributed by atoms with Crippen molar-refractivity contribution in [3.63, 3.8) is 0 Å². The van der Waals surface area contributed by atoms with Crippen LogP contribution in [-0.4, -0.2) is 61.5 Å². The third kappa shape index (κ3) is 4.69. The maximum atomic E-state index is 13.2. The molecule has 0 aliphatic carbocycles. The number of nitrogens with one attached hydrogen (secondary N) is 1. The molecule has 0 radical (unpaired) electrons. The number of anilines is 1. The zero-order valence-electron chi connectivity index (χ0n) is 17.5. The summed E-state index contributed by atoms with van der Waals surface area (Å²) in [6.45, 7) is 11.1. The van der Waals surface area contributed by atoms with Gasteiger partial charge in [0.25, 0.3) is 5.91 Å². The van der Waals surface area contributed by atoms with Crippen molar-refractivity contribution in [2.75, 3.05) is 37.2 Å². The van der Waals surface area contributed by atoms with E-state index < -0.39 is 10.0 Å². The van der Waals surface area contributed by atoms with Crippen LogP contribution in [0.4, 0.5) is 5.69 Å². The minimum absolute atomic E-state index is 0.00166. The number of hydrogen-bond acceptors (Lipinski definition) is 4. The predicted octanol–water partition coefficient (Wildman–Crippen LogP) is 3.09. The normalized spacial score (nSPS) is 23.0. The largest absolute Gasteiger partial charge is 0.384 e. The van der Waals surface area contributed by atoms with E-state index in [1.165, 1.54) is 0 Å². The fraction of sp³-hybridized carbons (Fsp3) is 0.667. The van der Waals surface area contributed by atoms with Crippen molar-refractivity contribution in [1.29, 1.82) is 0 Å². The number of sulfonamides is 1. The summed E-state index contributed by atoms with van der Waals surface area (Å²) in [7, 11) is -3.15. The zero-order valence-corrected chi connectivity index (χ0v) is 18.3. The Morgan fingerprint density at radius 2 is 1.96 bits per heavy atom. The number of nitrogens with zero attached hydrogens (tertiary/aromatic N) is 2. The van der Waals surface area contributed by atoms with Gasteiger partial charge in [0, 0.05) is 43.5 Å². The molecule has 1 unspecified atom stereocenters. The first-order chi connectivity index (χ1) is 13.1. The van der Waals surface area contributed by atoms with Crippen molar-refractivity contribution in [2.24, 2.45) is 5.41 Å². The van der Waals surface area contributed by atoms with Crippen molar-refractivity contribution in [1.82, 2.24) is 9.21 Å². The highest BCUT2D eigenvalue weighted by atomic mass is 32.2. The summed E-state index contributed by atoms with van der Waals surface area (Å²) >= 11 is 0. The van der Waals surface area contributed by atoms with Crippen LogP contribution in [0, 0.1) is 12.3 Å². The first kappa shape index (κ1) is 21.1. The summed E-state index contributed by atoms with van der Waals surface area (Å²) in [5.74, 6) is 0.233. The molecule has 2 saturated heterocycles. The predicted molar refractivity (Wildman–Crippen MR) is 113 cm³/mol. The van der Waals surface area contributed by atoms with Crippen LogP contribution in [0.2, 0.25) is 0 Å². The van der Waals surface area contributed by atoms with Crippen molar-refractivity contribution in [3.8, 4) is 0 Å². The van der Waals surface area contributed by atoms with Crippen LogP contribution in [0.5, 0.6) is 0 Å². The molecule has 6 nitrogen and oxygen atoms in total. The number of carbonyl (C=O) groups is 1. The topological polar surface area (TPSA) is 69.7 Å². The first-order valence-corrected chi connectivity index (χ1v) is 11.8. The molecule has 7 heteroatoms. The smallest absolute Gasteiger partial charge is 0.254 e. The lowest BCUT2D eigenvalue weighted by molar-refractivity contribution is 0.0658. The van der Waals surface area contributed by atoms with E-state index in [-0.39, 0.29) is 23.1 Å². The van der Waals surface area contributed by atoms with Crippen molar-refractivity contribution >= 4 is 21.6 Å². The van der Waals surface area contributed by atoms with E-state index in [2.05, 4.69) is 26.1 Å². The fourth-order valence-corrected chi connectivity index (χ4v) is 5.79. The zero-order chi connectivity index (χ0) is 20.5. The Kier molecular flexibility index (Phi) is 6.05. The van der Waals surface area contributed by atoms with Gasteiger partial charge in [0.1, 0.15) is 0 Å². The SMILES string of the molecule is Cc1c(NCC(C)(C)C)cccc1C(=O)N1CCCC(N2CCCS2(=O)=O)C1. The van der Waals surface area contributed by atoms with Crippen LogP contribution in [0.3, 0.4) is 0 Å². The monoisotopic (exact) mass is 407 g/mol. The molecular formula is C21H33N3O3S. The van der Waals surface area contributed by atoms with E-state index in [0.29, 0.717) is 31.6 Å². The third-order valence-electron chi connectivity index (χ3n) is 5.60. The molecule has 2 fully saturated rings. The molecule has 0 aromatic heterocycles. The number of piperidine rings is 1. The number of likely N-dealkylation sites (tertiary alicyclic amines) is 1. The molecule has 0 saturated carbocycles. The van der Waals surface area contributed by atoms with E-state index in [9.17, 15) is 13.2 Å². The average Bonchev–Trinajstić information content (AvgIpc) is 2.99. The Bertz CT molecular complexity index is 830. The maximum Gasteiger partial charge on any atom is 0.254 e. The van der Waals surface area contributed by atoms with Crippen LogP contribution in [0.1, 0.15) is 56.0 Å². The van der Waals surface area contributed by atoms with Crippen LogP contribution in [-0.2, 0) is 10.0 Å². The quantitative estimate of drug-likeness (QED) is 0.833. The fourth-order valence-electron chi connectivity index (χ4n) is 4.03. The Morgan fingerprint density at radius 3 is 2.61 bits per heavy atom. The Hall–Kier alpha value is -1.60. The van der Waals surface area contributed by atoms with Gasteiger partial charge >= 0.3 is 0 Å². The third-order valence-corrected chi connectivity index (χ3v) is 7.60. The Morgan fingerprint density at radius 1 is 1.21 bits per heavy atom. The molecule has 1 atom stereocenters. The van der Waals surface area contributed by atoms with Crippen LogP contribution < -0.4 is 5.32 Å². The van der Waals surface area contributed by atoms with Crippen molar-refractivity contribution < 1.29 is 13.2 Å². The summed E-state index contributed by atoms with van der Waals surface area (Å²) in [4.78, 5) is 15.1. The van der Waals surface area contributed by atoms with E-state index in [4.69, 9.17) is 0 Å². The second-order valence-electron chi connectivity index (χ2n) is 9.22. The summed E-state index contributed by atoms with van der Waals surface area (Å²) in [6.07, 6.45) is 2.35. The Balaban J connectivity index is 1.74. The number of rotatable bonds is 4. The molecule has 3 rings (SSSR count). The molecular weight excluding hydrogens is 374 g/mol. The molecule has 0 spiro atoms. The van der Waals surface area contributed by atoms with Crippen LogP contribution in [0.25, 0.3) is 0 Å². The summed E-state index contributed by atoms with van der Waals surface area (Å²) < 4.78 is 26.2. The lowest BCUT2D eigenvalue weighted by Crippen LogP contribution is -2.50. The standard InChI is InChI=1S/C21H33N3O3S/c1-16-18(9-5-10-19(16)22-15-21(2,3)4)20(25)23-11-6-8-17(14-23)24-12-7-13-28(24,26)27/h5,9-10,17,22H,6-8,11-15H2,1-4H3. The number of amides is 1. The molecule has 1 N–H and O–H groups in total. The minimum atomic E-state index is -3.15. The molecule has 2 heterocycles. The van der Waals surface area contributed by atoms with Crippen molar-refractivity contribution in [2.45, 2.75) is 53.0 Å². The second kappa shape index (κ2) is 8.03. The molecule has 0 bridgehead atoms. The average molecular weight is 408 g/mol. The van der Waals surface area contributed by atoms with Gasteiger partial charge in [0.15, 0.2) is 0 Å². The van der Waals surface area contributed by atoms with Crippen LogP contribution in [0.15, 0.2) is 18.2 Å². The summed E-state index contributed by atoms with van der Waals surface area (Å²) in [5, 5.41) is 3.46. The van der Waals surface area contributed by atoms with E-state index >= 15 is 0 Å². The number of hydrogen-bond donors (Lipinski definition) is 1. The van der Waals surface area contributed by atoms with E-state index in [1.807, 2.05) is 30.0 Å². The van der Waals surface area contributed by atoms with Gasteiger partial charge in [-0.2, -0.15) is 4.31 Å². The van der Waals surface area contributed by atoms with Gasteiger partial charge in [0.05, 0.1) is 5.75 Å². The molecule has 2 aliphatic rings. The Labute approximate surface area is 169 Å². The highest BCUT2D eigenvalue weighted by molar-refractivity contribution is 7.89. The molecule has 156 valence electrons. The molecule has 28 heavy (non-hydrogen) atoms. The molecule has 2 aliphatic heterocycles. The van der Waals surface area contributed by atoms with Gasteiger partial charge in [-0.1, -0.05) is 26.8 Å². The van der Waals surface area contributed by atoms with E-state index in [0.717, 1.165) is 30.6 Å². The van der Waals surface area contributed by atoms with E-state index in [1.54, 1.807) is 4.31 Å². The lowest BCUT2D eigenvalue weighted by atomic mass is 9.96. The summed E-state index contributed by atoms with van der Waals surface area (Å²) in [6, 6.07) is 5.70. The number of benzene rings is 1. The van der Waals surface area contributed by atoms with Gasteiger partial charge in [-0.25, -0.2) is 8.42 Å². The maximum absolute atomic E-state index is 13.2. The highest BCUT2D eigenvalue weighted by Gasteiger charge is 2.37. The van der Waals surface area contributed by atoms with Crippen molar-refractivity contribution in [3.05, 3.63) is 29.3 Å². The molecule has 1 aromatic rings. The molecule has 1 aromatic carbocycles. The minimum Gasteiger partial charge on any atom is -0.384 e. The first-order valence-electron chi connectivity index (χ1n) is 10.2. The highest BCUT2D eigenvalue weighted by Crippen LogP contribution is 2.27. The van der Waals surface area contributed by atoms with Gasteiger partial charge in [0.2, 0.25) is 10.0 Å². The van der Waals surface area contributed by atoms with Crippen LogP contribution >= 0.6 is 0 Å². The van der Waals surface area contributed by atoms with Gasteiger partial charge in [-0.05, 0) is 49.3 Å². The van der Waals surface area contributed by atoms with Gasteiger partial charge in [-0.3, -0.25) is 4.79 Å². The lowest BCUT2D eigenvalue weighted by Gasteiger charge is -2.37. The molecule has 1 amide bonds. The summed E-state index contributed by atoms with van der Waals surface area (Å²) in [5.41, 5.74) is 2.78. The second-order valence-corrected chi connectivity index (χ2v) is 11.3.